The summed E-state index contributed by atoms with van der Waals surface area (Å²) in [6.07, 6.45) is 0. The molecule has 0 aliphatic heterocycles. The Bertz CT molecular complexity index is 585. The van der Waals surface area contributed by atoms with E-state index in [-0.39, 0.29) is 17.2 Å². The fourth-order valence-electron chi connectivity index (χ4n) is 1.93. The maximum Gasteiger partial charge on any atom is 0.233 e. The van der Waals surface area contributed by atoms with Gasteiger partial charge in [-0.25, -0.2) is 0 Å². The molecular weight excluding hydrogens is 346 g/mol. The fraction of sp³-hybridized carbons (Fsp3) is 0.235. The van der Waals surface area contributed by atoms with Crippen molar-refractivity contribution in [3.05, 3.63) is 64.6 Å². The highest BCUT2D eigenvalue weighted by molar-refractivity contribution is 9.10. The lowest BCUT2D eigenvalue weighted by molar-refractivity contribution is -0.120. The zero-order valence-corrected chi connectivity index (χ0v) is 14.4. The Morgan fingerprint density at radius 3 is 2.29 bits per heavy atom. The topological polar surface area (TPSA) is 29.1 Å². The molecule has 0 heterocycles. The van der Waals surface area contributed by atoms with Gasteiger partial charge in [0.25, 0.3) is 0 Å². The molecule has 2 atom stereocenters. The maximum atomic E-state index is 12.3. The third kappa shape index (κ3) is 4.90. The second-order valence-electron chi connectivity index (χ2n) is 4.85. The molecule has 0 radical (unpaired) electrons. The molecule has 2 aromatic carbocycles. The van der Waals surface area contributed by atoms with Gasteiger partial charge in [-0.1, -0.05) is 46.3 Å². The van der Waals surface area contributed by atoms with Crippen LogP contribution >= 0.6 is 27.7 Å². The van der Waals surface area contributed by atoms with Gasteiger partial charge in [-0.15, -0.1) is 11.8 Å². The van der Waals surface area contributed by atoms with Crippen LogP contribution in [0.4, 0.5) is 0 Å². The number of benzene rings is 2. The first kappa shape index (κ1) is 16.1. The normalized spacial score (nSPS) is 13.5. The minimum atomic E-state index is -0.127. The summed E-state index contributed by atoms with van der Waals surface area (Å²) in [6, 6.07) is 18.0. The molecule has 2 nitrogen and oxygen atoms in total. The summed E-state index contributed by atoms with van der Waals surface area (Å²) in [5, 5.41) is 2.93. The van der Waals surface area contributed by atoms with Gasteiger partial charge in [-0.3, -0.25) is 4.79 Å². The average Bonchev–Trinajstić information content (AvgIpc) is 2.50. The van der Waals surface area contributed by atoms with E-state index in [1.165, 1.54) is 0 Å². The third-order valence-electron chi connectivity index (χ3n) is 3.15. The van der Waals surface area contributed by atoms with Crippen molar-refractivity contribution in [2.45, 2.75) is 30.0 Å². The molecule has 2 unspecified atom stereocenters. The molecule has 0 bridgehead atoms. The van der Waals surface area contributed by atoms with Crippen LogP contribution in [-0.4, -0.2) is 11.2 Å². The molecule has 0 aromatic heterocycles. The Labute approximate surface area is 138 Å². The first-order valence-electron chi connectivity index (χ1n) is 6.84. The monoisotopic (exact) mass is 363 g/mol. The fourth-order valence-corrected chi connectivity index (χ4v) is 3.07. The van der Waals surface area contributed by atoms with E-state index < -0.39 is 0 Å². The molecule has 0 saturated carbocycles. The Morgan fingerprint density at radius 2 is 1.67 bits per heavy atom. The van der Waals surface area contributed by atoms with Crippen LogP contribution in [-0.2, 0) is 4.79 Å². The van der Waals surface area contributed by atoms with E-state index in [1.807, 2.05) is 68.4 Å². The van der Waals surface area contributed by atoms with Crippen LogP contribution in [0.2, 0.25) is 0 Å². The van der Waals surface area contributed by atoms with Gasteiger partial charge < -0.3 is 5.32 Å². The molecule has 21 heavy (non-hydrogen) atoms. The van der Waals surface area contributed by atoms with Crippen molar-refractivity contribution < 1.29 is 4.79 Å². The summed E-state index contributed by atoms with van der Waals surface area (Å²) in [6.45, 7) is 3.93. The number of halogens is 1. The van der Waals surface area contributed by atoms with Crippen molar-refractivity contribution in [3.63, 3.8) is 0 Å². The number of hydrogen-bond donors (Lipinski definition) is 1. The summed E-state index contributed by atoms with van der Waals surface area (Å²) < 4.78 is 1.04. The molecule has 1 N–H and O–H groups in total. The molecule has 0 spiro atoms. The van der Waals surface area contributed by atoms with Gasteiger partial charge >= 0.3 is 0 Å². The van der Waals surface area contributed by atoms with Crippen LogP contribution in [0.3, 0.4) is 0 Å². The van der Waals surface area contributed by atoms with E-state index in [0.717, 1.165) is 14.9 Å². The van der Waals surface area contributed by atoms with E-state index in [2.05, 4.69) is 21.2 Å². The smallest absolute Gasteiger partial charge is 0.233 e. The predicted molar refractivity (Wildman–Crippen MR) is 92.5 cm³/mol. The summed E-state index contributed by atoms with van der Waals surface area (Å²) in [4.78, 5) is 13.3. The van der Waals surface area contributed by atoms with E-state index >= 15 is 0 Å². The number of thioether (sulfide) groups is 1. The maximum absolute atomic E-state index is 12.3. The molecule has 2 rings (SSSR count). The molecule has 0 saturated heterocycles. The predicted octanol–water partition coefficient (Wildman–Crippen LogP) is 4.81. The molecule has 0 aliphatic carbocycles. The summed E-state index contributed by atoms with van der Waals surface area (Å²) in [7, 11) is 0. The minimum absolute atomic E-state index is 0.0201. The SMILES string of the molecule is CC(Sc1ccc(Br)cc1)C(=O)NC(C)c1ccccc1. The van der Waals surface area contributed by atoms with Crippen molar-refractivity contribution >= 4 is 33.6 Å². The lowest BCUT2D eigenvalue weighted by atomic mass is 10.1. The quantitative estimate of drug-likeness (QED) is 0.772. The largest absolute Gasteiger partial charge is 0.349 e. The van der Waals surface area contributed by atoms with E-state index in [0.29, 0.717) is 0 Å². The second kappa shape index (κ2) is 7.66. The van der Waals surface area contributed by atoms with Crippen LogP contribution < -0.4 is 5.32 Å². The minimum Gasteiger partial charge on any atom is -0.349 e. The summed E-state index contributed by atoms with van der Waals surface area (Å²) in [5.74, 6) is 0.0549. The van der Waals surface area contributed by atoms with Crippen molar-refractivity contribution in [2.75, 3.05) is 0 Å². The van der Waals surface area contributed by atoms with Gasteiger partial charge in [0.05, 0.1) is 11.3 Å². The second-order valence-corrected chi connectivity index (χ2v) is 7.18. The molecule has 1 amide bonds. The number of nitrogens with one attached hydrogen (secondary N) is 1. The molecule has 2 aromatic rings. The zero-order chi connectivity index (χ0) is 15.2. The Hall–Kier alpha value is -1.26. The highest BCUT2D eigenvalue weighted by atomic mass is 79.9. The van der Waals surface area contributed by atoms with Gasteiger partial charge in [0, 0.05) is 9.37 Å². The highest BCUT2D eigenvalue weighted by Gasteiger charge is 2.17. The number of rotatable bonds is 5. The van der Waals surface area contributed by atoms with Gasteiger partial charge in [-0.2, -0.15) is 0 Å². The van der Waals surface area contributed by atoms with Crippen LogP contribution in [0.1, 0.15) is 25.5 Å². The number of hydrogen-bond acceptors (Lipinski definition) is 2. The standard InChI is InChI=1S/C17H18BrNOS/c1-12(14-6-4-3-5-7-14)19-17(20)13(2)21-16-10-8-15(18)9-11-16/h3-13H,1-2H3,(H,19,20). The molecule has 0 fully saturated rings. The molecule has 4 heteroatoms. The van der Waals surface area contributed by atoms with Gasteiger partial charge in [0.1, 0.15) is 0 Å². The first-order valence-corrected chi connectivity index (χ1v) is 8.51. The Balaban J connectivity index is 1.92. The lowest BCUT2D eigenvalue weighted by Crippen LogP contribution is -2.33. The van der Waals surface area contributed by atoms with Gasteiger partial charge in [-0.05, 0) is 43.7 Å². The Kier molecular flexibility index (Phi) is 5.88. The van der Waals surface area contributed by atoms with Crippen molar-refractivity contribution in [1.29, 1.82) is 0 Å². The first-order chi connectivity index (χ1) is 10.1. The van der Waals surface area contributed by atoms with Gasteiger partial charge in [0.15, 0.2) is 0 Å². The van der Waals surface area contributed by atoms with E-state index in [4.69, 9.17) is 0 Å². The van der Waals surface area contributed by atoms with Crippen LogP contribution in [0.15, 0.2) is 64.0 Å². The van der Waals surface area contributed by atoms with Crippen LogP contribution in [0, 0.1) is 0 Å². The molecule has 110 valence electrons. The summed E-state index contributed by atoms with van der Waals surface area (Å²) in [5.41, 5.74) is 1.12. The number of amides is 1. The summed E-state index contributed by atoms with van der Waals surface area (Å²) >= 11 is 4.98. The van der Waals surface area contributed by atoms with Crippen LogP contribution in [0.5, 0.6) is 0 Å². The van der Waals surface area contributed by atoms with Crippen molar-refractivity contribution in [3.8, 4) is 0 Å². The number of carbonyl (C=O) groups excluding carboxylic acids is 1. The highest BCUT2D eigenvalue weighted by Crippen LogP contribution is 2.25. The van der Waals surface area contributed by atoms with Gasteiger partial charge in [0.2, 0.25) is 5.91 Å². The van der Waals surface area contributed by atoms with Crippen molar-refractivity contribution in [2.24, 2.45) is 0 Å². The third-order valence-corrected chi connectivity index (χ3v) is 4.79. The number of carbonyl (C=O) groups is 1. The van der Waals surface area contributed by atoms with E-state index in [9.17, 15) is 4.79 Å². The average molecular weight is 364 g/mol. The van der Waals surface area contributed by atoms with E-state index in [1.54, 1.807) is 11.8 Å². The van der Waals surface area contributed by atoms with Crippen LogP contribution in [0.25, 0.3) is 0 Å². The Morgan fingerprint density at radius 1 is 1.05 bits per heavy atom. The van der Waals surface area contributed by atoms with Crippen molar-refractivity contribution in [1.82, 2.24) is 5.32 Å². The molecule has 0 aliphatic rings. The molecular formula is C17H18BrNOS. The lowest BCUT2D eigenvalue weighted by Gasteiger charge is -2.17. The zero-order valence-electron chi connectivity index (χ0n) is 12.0.